The van der Waals surface area contributed by atoms with E-state index in [2.05, 4.69) is 15.1 Å². The van der Waals surface area contributed by atoms with Crippen molar-refractivity contribution < 1.29 is 5.11 Å². The molecule has 3 aromatic rings. The number of nitrogens with zero attached hydrogens (tertiary/aromatic N) is 5. The molecule has 0 bridgehead atoms. The molecule has 3 aromatic heterocycles. The van der Waals surface area contributed by atoms with E-state index < -0.39 is 0 Å². The summed E-state index contributed by atoms with van der Waals surface area (Å²) in [5.41, 5.74) is 2.26. The molecular formula is C11H7N5O. The number of nitriles is 1. The van der Waals surface area contributed by atoms with Gasteiger partial charge in [0, 0.05) is 17.8 Å². The number of hydrogen-bond donors (Lipinski definition) is 1. The number of rotatable bonds is 1. The molecular weight excluding hydrogens is 218 g/mol. The zero-order valence-electron chi connectivity index (χ0n) is 8.70. The zero-order valence-corrected chi connectivity index (χ0v) is 8.70. The van der Waals surface area contributed by atoms with Crippen molar-refractivity contribution in [2.45, 2.75) is 6.61 Å². The Bertz CT molecular complexity index is 755. The second kappa shape index (κ2) is 3.50. The van der Waals surface area contributed by atoms with Crippen LogP contribution in [0.4, 0.5) is 0 Å². The van der Waals surface area contributed by atoms with Crippen molar-refractivity contribution in [3.05, 3.63) is 35.9 Å². The summed E-state index contributed by atoms with van der Waals surface area (Å²) in [5, 5.41) is 22.9. The third-order valence-corrected chi connectivity index (χ3v) is 2.61. The maximum atomic E-state index is 9.19. The Morgan fingerprint density at radius 3 is 3.00 bits per heavy atom. The lowest BCUT2D eigenvalue weighted by Crippen LogP contribution is -1.98. The summed E-state index contributed by atoms with van der Waals surface area (Å²) in [6.07, 6.45) is 4.67. The smallest absolute Gasteiger partial charge is 0.173 e. The van der Waals surface area contributed by atoms with Gasteiger partial charge < -0.3 is 5.11 Å². The first-order chi connectivity index (χ1) is 8.35. The van der Waals surface area contributed by atoms with Crippen molar-refractivity contribution in [1.29, 1.82) is 5.26 Å². The van der Waals surface area contributed by atoms with Gasteiger partial charge in [0.1, 0.15) is 11.6 Å². The van der Waals surface area contributed by atoms with Crippen LogP contribution in [0.25, 0.3) is 16.6 Å². The lowest BCUT2D eigenvalue weighted by atomic mass is 10.2. The maximum Gasteiger partial charge on any atom is 0.173 e. The van der Waals surface area contributed by atoms with Crippen LogP contribution < -0.4 is 0 Å². The van der Waals surface area contributed by atoms with Gasteiger partial charge in [-0.15, -0.1) is 0 Å². The van der Waals surface area contributed by atoms with E-state index in [0.29, 0.717) is 16.9 Å². The molecule has 6 nitrogen and oxygen atoms in total. The van der Waals surface area contributed by atoms with E-state index in [4.69, 9.17) is 5.26 Å². The Kier molecular flexibility index (Phi) is 2.00. The third-order valence-electron chi connectivity index (χ3n) is 2.61. The van der Waals surface area contributed by atoms with Crippen LogP contribution in [0.5, 0.6) is 0 Å². The minimum Gasteiger partial charge on any atom is -0.390 e. The monoisotopic (exact) mass is 225 g/mol. The number of hydrogen-bond acceptors (Lipinski definition) is 5. The van der Waals surface area contributed by atoms with Gasteiger partial charge in [0.15, 0.2) is 5.65 Å². The average molecular weight is 225 g/mol. The second-order valence-corrected chi connectivity index (χ2v) is 3.51. The molecule has 0 aliphatic carbocycles. The molecule has 17 heavy (non-hydrogen) atoms. The first-order valence-corrected chi connectivity index (χ1v) is 4.96. The second-order valence-electron chi connectivity index (χ2n) is 3.51. The standard InChI is InChI=1S/C11H7N5O/c12-3-7-4-15-16-10-1-2-13-9(6-17)8(10)5-14-11(7)16/h1-2,4-5,17H,6H2. The van der Waals surface area contributed by atoms with Crippen LogP contribution in [0.15, 0.2) is 24.7 Å². The summed E-state index contributed by atoms with van der Waals surface area (Å²) in [5.74, 6) is 0. The lowest BCUT2D eigenvalue weighted by Gasteiger charge is -2.03. The number of aliphatic hydroxyl groups is 1. The van der Waals surface area contributed by atoms with Gasteiger partial charge in [-0.3, -0.25) is 4.98 Å². The number of fused-ring (bicyclic) bond motifs is 3. The molecule has 1 N–H and O–H groups in total. The van der Waals surface area contributed by atoms with Gasteiger partial charge in [0.05, 0.1) is 24.0 Å². The Balaban J connectivity index is 2.50. The molecule has 3 heterocycles. The summed E-state index contributed by atoms with van der Waals surface area (Å²) in [6.45, 7) is -0.156. The van der Waals surface area contributed by atoms with E-state index in [1.807, 2.05) is 6.07 Å². The fraction of sp³-hybridized carbons (Fsp3) is 0.0909. The van der Waals surface area contributed by atoms with Gasteiger partial charge >= 0.3 is 0 Å². The number of pyridine rings is 1. The van der Waals surface area contributed by atoms with Crippen LogP contribution in [-0.2, 0) is 6.61 Å². The molecule has 0 atom stereocenters. The van der Waals surface area contributed by atoms with Crippen LogP contribution in [0, 0.1) is 11.3 Å². The predicted octanol–water partition coefficient (Wildman–Crippen LogP) is 0.641. The molecule has 0 radical (unpaired) electrons. The van der Waals surface area contributed by atoms with Crippen molar-refractivity contribution in [2.24, 2.45) is 0 Å². The highest BCUT2D eigenvalue weighted by molar-refractivity contribution is 5.82. The van der Waals surface area contributed by atoms with Gasteiger partial charge in [-0.05, 0) is 6.07 Å². The van der Waals surface area contributed by atoms with E-state index in [1.54, 1.807) is 23.0 Å². The van der Waals surface area contributed by atoms with Crippen LogP contribution >= 0.6 is 0 Å². The minimum absolute atomic E-state index is 0.156. The fourth-order valence-electron chi connectivity index (χ4n) is 1.80. The summed E-state index contributed by atoms with van der Waals surface area (Å²) >= 11 is 0. The molecule has 0 aliphatic heterocycles. The lowest BCUT2D eigenvalue weighted by molar-refractivity contribution is 0.278. The Hall–Kier alpha value is -2.52. The van der Waals surface area contributed by atoms with Gasteiger partial charge in [0.25, 0.3) is 0 Å². The molecule has 6 heteroatoms. The van der Waals surface area contributed by atoms with E-state index in [9.17, 15) is 5.11 Å². The Morgan fingerprint density at radius 1 is 1.35 bits per heavy atom. The fourth-order valence-corrected chi connectivity index (χ4v) is 1.80. The highest BCUT2D eigenvalue weighted by Crippen LogP contribution is 2.18. The van der Waals surface area contributed by atoms with E-state index in [0.717, 1.165) is 10.9 Å². The van der Waals surface area contributed by atoms with Crippen molar-refractivity contribution in [3.8, 4) is 6.07 Å². The van der Waals surface area contributed by atoms with E-state index in [1.165, 1.54) is 6.20 Å². The van der Waals surface area contributed by atoms with Crippen molar-refractivity contribution in [2.75, 3.05) is 0 Å². The third kappa shape index (κ3) is 1.26. The zero-order chi connectivity index (χ0) is 11.8. The van der Waals surface area contributed by atoms with Crippen LogP contribution in [-0.4, -0.2) is 24.7 Å². The minimum atomic E-state index is -0.156. The van der Waals surface area contributed by atoms with Crippen molar-refractivity contribution in [3.63, 3.8) is 0 Å². The summed E-state index contributed by atoms with van der Waals surface area (Å²) < 4.78 is 1.58. The summed E-state index contributed by atoms with van der Waals surface area (Å²) in [6, 6.07) is 3.81. The quantitative estimate of drug-likeness (QED) is 0.656. The van der Waals surface area contributed by atoms with Crippen LogP contribution in [0.2, 0.25) is 0 Å². The highest BCUT2D eigenvalue weighted by atomic mass is 16.3. The first kappa shape index (κ1) is 9.69. The normalized spacial score (nSPS) is 10.8. The van der Waals surface area contributed by atoms with Crippen molar-refractivity contribution in [1.82, 2.24) is 19.6 Å². The van der Waals surface area contributed by atoms with E-state index >= 15 is 0 Å². The average Bonchev–Trinajstić information content (AvgIpc) is 2.81. The Morgan fingerprint density at radius 2 is 2.24 bits per heavy atom. The Labute approximate surface area is 95.8 Å². The molecule has 0 saturated carbocycles. The highest BCUT2D eigenvalue weighted by Gasteiger charge is 2.10. The predicted molar refractivity (Wildman–Crippen MR) is 58.9 cm³/mol. The first-order valence-electron chi connectivity index (χ1n) is 4.96. The van der Waals surface area contributed by atoms with Gasteiger partial charge in [-0.2, -0.15) is 10.4 Å². The maximum absolute atomic E-state index is 9.19. The van der Waals surface area contributed by atoms with Gasteiger partial charge in [0.2, 0.25) is 0 Å². The van der Waals surface area contributed by atoms with Crippen LogP contribution in [0.1, 0.15) is 11.3 Å². The molecule has 0 saturated heterocycles. The molecule has 3 rings (SSSR count). The molecule has 0 amide bonds. The SMILES string of the molecule is N#Cc1cnn2c1ncc1c(CO)nccc12. The molecule has 0 aromatic carbocycles. The van der Waals surface area contributed by atoms with Gasteiger partial charge in [-0.25, -0.2) is 9.50 Å². The molecule has 0 aliphatic rings. The topological polar surface area (TPSA) is 87.1 Å². The van der Waals surface area contributed by atoms with E-state index in [-0.39, 0.29) is 6.61 Å². The molecule has 0 fully saturated rings. The summed E-state index contributed by atoms with van der Waals surface area (Å²) in [4.78, 5) is 8.24. The molecule has 0 spiro atoms. The van der Waals surface area contributed by atoms with Gasteiger partial charge in [-0.1, -0.05) is 0 Å². The molecule has 0 unspecified atom stereocenters. The largest absolute Gasteiger partial charge is 0.390 e. The number of aliphatic hydroxyl groups excluding tert-OH is 1. The molecule has 82 valence electrons. The van der Waals surface area contributed by atoms with Crippen molar-refractivity contribution >= 4 is 16.6 Å². The summed E-state index contributed by atoms with van der Waals surface area (Å²) in [7, 11) is 0. The van der Waals surface area contributed by atoms with Crippen LogP contribution in [0.3, 0.4) is 0 Å². The number of aromatic nitrogens is 4.